The smallest absolute Gasteiger partial charge is 0.330 e. The third-order valence-electron chi connectivity index (χ3n) is 3.91. The Labute approximate surface area is 177 Å². The van der Waals surface area contributed by atoms with E-state index >= 15 is 0 Å². The lowest BCUT2D eigenvalue weighted by molar-refractivity contribution is -0.137. The molecule has 0 aliphatic carbocycles. The summed E-state index contributed by atoms with van der Waals surface area (Å²) in [5, 5.41) is 0. The van der Waals surface area contributed by atoms with Crippen molar-refractivity contribution in [2.45, 2.75) is 39.5 Å². The van der Waals surface area contributed by atoms with Crippen LogP contribution in [0.5, 0.6) is 0 Å². The molecule has 0 radical (unpaired) electrons. The minimum Gasteiger partial charge on any atom is -0.463 e. The lowest BCUT2D eigenvalue weighted by atomic mass is 10.1. The first-order chi connectivity index (χ1) is 14.0. The molecule has 0 saturated carbocycles. The molecule has 0 amide bonds. The highest BCUT2D eigenvalue weighted by molar-refractivity contribution is 5.81. The summed E-state index contributed by atoms with van der Waals surface area (Å²) in [5.74, 6) is 0.458. The first-order valence-electron chi connectivity index (χ1n) is 10.2. The van der Waals surface area contributed by atoms with Crippen molar-refractivity contribution in [1.29, 1.82) is 0 Å². The van der Waals surface area contributed by atoms with E-state index in [9.17, 15) is 4.79 Å². The van der Waals surface area contributed by atoms with Crippen LogP contribution < -0.4 is 0 Å². The Bertz CT molecular complexity index is 629. The monoisotopic (exact) mass is 392 g/mol. The molecule has 0 N–H and O–H groups in total. The largest absolute Gasteiger partial charge is 0.463 e. The number of carbonyl (C=O) groups excluding carboxylic acids is 1. The Balaban J connectivity index is 0.000000423. The molecule has 2 rings (SSSR count). The predicted molar refractivity (Wildman–Crippen MR) is 128 cm³/mol. The molecule has 0 aromatic heterocycles. The van der Waals surface area contributed by atoms with Crippen LogP contribution in [0.15, 0.2) is 86.5 Å². The van der Waals surface area contributed by atoms with E-state index < -0.39 is 0 Å². The van der Waals surface area contributed by atoms with Crippen molar-refractivity contribution >= 4 is 18.1 Å². The van der Waals surface area contributed by atoms with Gasteiger partial charge in [0.25, 0.3) is 0 Å². The van der Waals surface area contributed by atoms with E-state index in [1.165, 1.54) is 30.0 Å². The molecule has 156 valence electrons. The molecule has 0 spiro atoms. The summed E-state index contributed by atoms with van der Waals surface area (Å²) in [4.78, 5) is 10.6. The zero-order valence-corrected chi connectivity index (χ0v) is 18.1. The van der Waals surface area contributed by atoms with E-state index in [0.29, 0.717) is 6.61 Å². The number of unbranched alkanes of at least 4 members (excludes halogenated alkanes) is 2. The number of esters is 1. The van der Waals surface area contributed by atoms with Gasteiger partial charge < -0.3 is 4.74 Å². The summed E-state index contributed by atoms with van der Waals surface area (Å²) >= 11 is 0. The van der Waals surface area contributed by atoms with Crippen LogP contribution in [0.1, 0.15) is 50.7 Å². The Morgan fingerprint density at radius 2 is 1.31 bits per heavy atom. The fourth-order valence-electron chi connectivity index (χ4n) is 2.24. The molecule has 2 nitrogen and oxygen atoms in total. The topological polar surface area (TPSA) is 26.3 Å². The van der Waals surface area contributed by atoms with Crippen LogP contribution in [0.2, 0.25) is 0 Å². The number of hydrogen-bond acceptors (Lipinski definition) is 2. The van der Waals surface area contributed by atoms with Crippen LogP contribution in [0, 0.1) is 5.92 Å². The van der Waals surface area contributed by atoms with Crippen LogP contribution in [0.3, 0.4) is 0 Å². The molecular weight excluding hydrogens is 356 g/mol. The molecule has 0 bridgehead atoms. The maximum atomic E-state index is 10.6. The zero-order chi connectivity index (χ0) is 21.7. The quantitative estimate of drug-likeness (QED) is 0.249. The third kappa shape index (κ3) is 17.0. The first-order valence-corrected chi connectivity index (χ1v) is 10.2. The second-order valence-electron chi connectivity index (χ2n) is 6.84. The summed E-state index contributed by atoms with van der Waals surface area (Å²) in [7, 11) is 0. The van der Waals surface area contributed by atoms with Gasteiger partial charge in [-0.05, 0) is 23.5 Å². The van der Waals surface area contributed by atoms with Gasteiger partial charge in [-0.1, -0.05) is 126 Å². The molecule has 0 heterocycles. The van der Waals surface area contributed by atoms with Crippen LogP contribution >= 0.6 is 0 Å². The molecule has 2 aromatic rings. The van der Waals surface area contributed by atoms with Crippen molar-refractivity contribution < 1.29 is 9.53 Å². The fraction of sp³-hybridized carbons (Fsp3) is 0.296. The average Bonchev–Trinajstić information content (AvgIpc) is 2.77. The van der Waals surface area contributed by atoms with Crippen molar-refractivity contribution in [3.63, 3.8) is 0 Å². The van der Waals surface area contributed by atoms with Gasteiger partial charge in [0.05, 0.1) is 6.61 Å². The van der Waals surface area contributed by atoms with Gasteiger partial charge in [0.2, 0.25) is 0 Å². The summed E-state index contributed by atoms with van der Waals surface area (Å²) < 4.78 is 4.84. The van der Waals surface area contributed by atoms with Crippen LogP contribution in [0.4, 0.5) is 0 Å². The average molecular weight is 393 g/mol. The van der Waals surface area contributed by atoms with Gasteiger partial charge in [-0.2, -0.15) is 0 Å². The minimum absolute atomic E-state index is 0.316. The van der Waals surface area contributed by atoms with E-state index in [-0.39, 0.29) is 5.97 Å². The van der Waals surface area contributed by atoms with Gasteiger partial charge in [0, 0.05) is 6.08 Å². The standard InChI is InChI=1S/C11H20O2.2C8H8/c1-4-11(12)13-9-7-5-6-8-10(2)3;2*1-2-8-6-4-3-5-7-8/h4,10H,1,5-9H2,2-3H3;2*2-7H,1H2. The summed E-state index contributed by atoms with van der Waals surface area (Å²) in [6.45, 7) is 15.6. The van der Waals surface area contributed by atoms with Crippen LogP contribution in [0.25, 0.3) is 12.2 Å². The van der Waals surface area contributed by atoms with Crippen LogP contribution in [-0.4, -0.2) is 12.6 Å². The molecule has 0 aliphatic rings. The predicted octanol–water partition coefficient (Wildman–Crippen LogP) is 7.59. The Morgan fingerprint density at radius 1 is 0.828 bits per heavy atom. The second kappa shape index (κ2) is 18.5. The summed E-state index contributed by atoms with van der Waals surface area (Å²) in [5.41, 5.74) is 2.35. The highest BCUT2D eigenvalue weighted by Crippen LogP contribution is 2.07. The normalized spacial score (nSPS) is 9.21. The highest BCUT2D eigenvalue weighted by atomic mass is 16.5. The highest BCUT2D eigenvalue weighted by Gasteiger charge is 1.96. The fourth-order valence-corrected chi connectivity index (χ4v) is 2.24. The van der Waals surface area contributed by atoms with Crippen molar-refractivity contribution in [3.05, 3.63) is 97.6 Å². The number of carbonyl (C=O) groups is 1. The maximum Gasteiger partial charge on any atom is 0.330 e. The van der Waals surface area contributed by atoms with Gasteiger partial charge in [-0.25, -0.2) is 4.79 Å². The lowest BCUT2D eigenvalue weighted by Gasteiger charge is -2.04. The van der Waals surface area contributed by atoms with E-state index in [1.54, 1.807) is 0 Å². The number of hydrogen-bond donors (Lipinski definition) is 0. The molecule has 2 aromatic carbocycles. The van der Waals surface area contributed by atoms with Crippen molar-refractivity contribution in [3.8, 4) is 0 Å². The van der Waals surface area contributed by atoms with Crippen LogP contribution in [-0.2, 0) is 9.53 Å². The van der Waals surface area contributed by atoms with E-state index in [0.717, 1.165) is 18.8 Å². The molecule has 0 saturated heterocycles. The lowest BCUT2D eigenvalue weighted by Crippen LogP contribution is -2.01. The Hall–Kier alpha value is -2.87. The Kier molecular flexibility index (Phi) is 16.7. The van der Waals surface area contributed by atoms with Gasteiger partial charge in [-0.15, -0.1) is 0 Å². The number of benzene rings is 2. The molecule has 29 heavy (non-hydrogen) atoms. The number of rotatable bonds is 9. The maximum absolute atomic E-state index is 10.6. The van der Waals surface area contributed by atoms with E-state index in [2.05, 4.69) is 33.6 Å². The SMILES string of the molecule is C=CC(=O)OCCCCCC(C)C.C=Cc1ccccc1.C=Cc1ccccc1. The molecule has 0 fully saturated rings. The minimum atomic E-state index is -0.316. The van der Waals surface area contributed by atoms with Gasteiger partial charge in [-0.3, -0.25) is 0 Å². The van der Waals surface area contributed by atoms with Gasteiger partial charge >= 0.3 is 5.97 Å². The van der Waals surface area contributed by atoms with E-state index in [4.69, 9.17) is 4.74 Å². The molecule has 0 atom stereocenters. The zero-order valence-electron chi connectivity index (χ0n) is 18.1. The molecular formula is C27H36O2. The van der Waals surface area contributed by atoms with Gasteiger partial charge in [0.15, 0.2) is 0 Å². The molecule has 2 heteroatoms. The van der Waals surface area contributed by atoms with E-state index in [1.807, 2.05) is 72.8 Å². The first kappa shape index (κ1) is 26.1. The number of ether oxygens (including phenoxy) is 1. The third-order valence-corrected chi connectivity index (χ3v) is 3.91. The van der Waals surface area contributed by atoms with Crippen molar-refractivity contribution in [2.24, 2.45) is 5.92 Å². The molecule has 0 aliphatic heterocycles. The summed E-state index contributed by atoms with van der Waals surface area (Å²) in [6, 6.07) is 20.1. The van der Waals surface area contributed by atoms with Crippen molar-refractivity contribution in [2.75, 3.05) is 6.61 Å². The second-order valence-corrected chi connectivity index (χ2v) is 6.84. The summed E-state index contributed by atoms with van der Waals surface area (Å²) in [6.07, 6.45) is 9.46. The Morgan fingerprint density at radius 3 is 1.66 bits per heavy atom. The van der Waals surface area contributed by atoms with Gasteiger partial charge in [0.1, 0.15) is 0 Å². The van der Waals surface area contributed by atoms with Crippen molar-refractivity contribution in [1.82, 2.24) is 0 Å². The molecule has 0 unspecified atom stereocenters.